The second kappa shape index (κ2) is 12.5. The molecule has 6 nitrogen and oxygen atoms in total. The van der Waals surface area contributed by atoms with Gasteiger partial charge in [0.2, 0.25) is 0 Å². The Morgan fingerprint density at radius 2 is 1.81 bits per heavy atom. The third-order valence-corrected chi connectivity index (χ3v) is 6.66. The maximum absolute atomic E-state index is 5.44. The monoisotopic (exact) mass is 555 g/mol. The van der Waals surface area contributed by atoms with Crippen molar-refractivity contribution in [1.29, 1.82) is 0 Å². The van der Waals surface area contributed by atoms with Crippen LogP contribution in [0, 0.1) is 0 Å². The van der Waals surface area contributed by atoms with Gasteiger partial charge in [-0.05, 0) is 55.0 Å². The summed E-state index contributed by atoms with van der Waals surface area (Å²) in [6, 6.07) is 13.6. The first kappa shape index (κ1) is 24.1. The number of nitrogens with one attached hydrogen (secondary N) is 2. The van der Waals surface area contributed by atoms with Crippen LogP contribution in [-0.2, 0) is 11.3 Å². The van der Waals surface area contributed by atoms with Crippen molar-refractivity contribution in [3.63, 3.8) is 0 Å². The topological polar surface area (TPSA) is 52.1 Å². The Bertz CT molecular complexity index is 785. The minimum Gasteiger partial charge on any atom is -0.378 e. The Hall–Kier alpha value is -1.52. The normalized spacial score (nSPS) is 17.9. The van der Waals surface area contributed by atoms with E-state index in [0.717, 1.165) is 64.7 Å². The molecule has 0 bridgehead atoms. The van der Waals surface area contributed by atoms with Gasteiger partial charge in [-0.2, -0.15) is 0 Å². The number of hydrogen-bond acceptors (Lipinski definition) is 5. The Morgan fingerprint density at radius 1 is 1.06 bits per heavy atom. The van der Waals surface area contributed by atoms with E-state index in [0.29, 0.717) is 12.6 Å². The molecule has 0 spiro atoms. The fourth-order valence-corrected chi connectivity index (χ4v) is 4.80. The summed E-state index contributed by atoms with van der Waals surface area (Å²) in [4.78, 5) is 9.71. The molecule has 0 radical (unpaired) electrons. The number of anilines is 2. The third kappa shape index (κ3) is 6.98. The Kier molecular flexibility index (Phi) is 9.73. The first-order valence-corrected chi connectivity index (χ1v) is 11.9. The zero-order valence-corrected chi connectivity index (χ0v) is 21.4. The second-order valence-electron chi connectivity index (χ2n) is 7.82. The summed E-state index contributed by atoms with van der Waals surface area (Å²) in [5.74, 6) is 0.921. The summed E-state index contributed by atoms with van der Waals surface area (Å²) in [7, 11) is 0. The lowest BCUT2D eigenvalue weighted by molar-refractivity contribution is 0.122. The van der Waals surface area contributed by atoms with Crippen molar-refractivity contribution in [2.45, 2.75) is 32.4 Å². The van der Waals surface area contributed by atoms with Crippen LogP contribution in [-0.4, -0.2) is 57.9 Å². The number of nitrogens with zero attached hydrogens (tertiary/aromatic N) is 3. The highest BCUT2D eigenvalue weighted by Gasteiger charge is 2.20. The van der Waals surface area contributed by atoms with Crippen LogP contribution in [0.2, 0.25) is 0 Å². The standard InChI is InChI=1S/C23H33N5OS.HI/c1-2-24-23(26-20-9-11-28(12-10-20)22-4-3-17-30-22)25-18-19-5-7-21(8-6-19)27-13-15-29-16-14-27;/h3-8,17,20H,2,9-16,18H2,1H3,(H2,24,25,26);1H. The Labute approximate surface area is 207 Å². The van der Waals surface area contributed by atoms with Crippen molar-refractivity contribution in [3.05, 3.63) is 47.3 Å². The number of piperidine rings is 1. The van der Waals surface area contributed by atoms with Gasteiger partial charge in [0.15, 0.2) is 5.96 Å². The van der Waals surface area contributed by atoms with Crippen molar-refractivity contribution < 1.29 is 4.74 Å². The predicted molar refractivity (Wildman–Crippen MR) is 142 cm³/mol. The molecule has 2 aliphatic rings. The highest BCUT2D eigenvalue weighted by molar-refractivity contribution is 14.0. The average Bonchev–Trinajstić information content (AvgIpc) is 3.34. The van der Waals surface area contributed by atoms with Gasteiger partial charge < -0.3 is 25.2 Å². The molecule has 2 fully saturated rings. The first-order chi connectivity index (χ1) is 14.8. The molecular formula is C23H34IN5OS. The molecule has 1 aromatic heterocycles. The molecule has 0 saturated carbocycles. The van der Waals surface area contributed by atoms with Crippen LogP contribution in [0.25, 0.3) is 0 Å². The number of halogens is 1. The number of rotatable bonds is 6. The average molecular weight is 556 g/mol. The van der Waals surface area contributed by atoms with Crippen molar-refractivity contribution in [1.82, 2.24) is 10.6 Å². The van der Waals surface area contributed by atoms with E-state index in [4.69, 9.17) is 9.73 Å². The van der Waals surface area contributed by atoms with Crippen LogP contribution in [0.3, 0.4) is 0 Å². The minimum absolute atomic E-state index is 0. The summed E-state index contributed by atoms with van der Waals surface area (Å²) in [5.41, 5.74) is 2.50. The quantitative estimate of drug-likeness (QED) is 0.322. The number of aliphatic imine (C=N–C) groups is 1. The zero-order chi connectivity index (χ0) is 20.6. The lowest BCUT2D eigenvalue weighted by Crippen LogP contribution is -2.48. The van der Waals surface area contributed by atoms with Crippen LogP contribution in [0.15, 0.2) is 46.8 Å². The molecule has 1 aromatic carbocycles. The molecule has 3 heterocycles. The van der Waals surface area contributed by atoms with E-state index in [9.17, 15) is 0 Å². The Balaban J connectivity index is 0.00000272. The van der Waals surface area contributed by atoms with E-state index in [1.807, 2.05) is 11.3 Å². The Morgan fingerprint density at radius 3 is 2.45 bits per heavy atom. The van der Waals surface area contributed by atoms with Gasteiger partial charge in [-0.15, -0.1) is 35.3 Å². The number of guanidine groups is 1. The summed E-state index contributed by atoms with van der Waals surface area (Å²) in [6.45, 7) is 9.44. The van der Waals surface area contributed by atoms with E-state index < -0.39 is 0 Å². The lowest BCUT2D eigenvalue weighted by Gasteiger charge is -2.33. The van der Waals surface area contributed by atoms with Gasteiger partial charge >= 0.3 is 0 Å². The van der Waals surface area contributed by atoms with Crippen LogP contribution >= 0.6 is 35.3 Å². The number of hydrogen-bond donors (Lipinski definition) is 2. The molecular weight excluding hydrogens is 521 g/mol. The predicted octanol–water partition coefficient (Wildman–Crippen LogP) is 3.93. The van der Waals surface area contributed by atoms with Gasteiger partial charge in [0.05, 0.1) is 24.8 Å². The van der Waals surface area contributed by atoms with Crippen LogP contribution in [0.5, 0.6) is 0 Å². The van der Waals surface area contributed by atoms with Crippen molar-refractivity contribution in [2.75, 3.05) is 55.7 Å². The van der Waals surface area contributed by atoms with Crippen LogP contribution < -0.4 is 20.4 Å². The molecule has 2 N–H and O–H groups in total. The van der Waals surface area contributed by atoms with Gasteiger partial charge in [0.1, 0.15) is 0 Å². The fraction of sp³-hybridized carbons (Fsp3) is 0.522. The molecule has 2 aliphatic heterocycles. The van der Waals surface area contributed by atoms with Gasteiger partial charge in [0.25, 0.3) is 0 Å². The van der Waals surface area contributed by atoms with Gasteiger partial charge in [-0.1, -0.05) is 12.1 Å². The van der Waals surface area contributed by atoms with E-state index in [1.54, 1.807) is 0 Å². The third-order valence-electron chi connectivity index (χ3n) is 5.73. The molecule has 0 atom stereocenters. The number of ether oxygens (including phenoxy) is 1. The molecule has 2 aromatic rings. The second-order valence-corrected chi connectivity index (χ2v) is 8.74. The molecule has 0 unspecified atom stereocenters. The van der Waals surface area contributed by atoms with E-state index in [1.165, 1.54) is 16.3 Å². The highest BCUT2D eigenvalue weighted by atomic mass is 127. The highest BCUT2D eigenvalue weighted by Crippen LogP contribution is 2.24. The van der Waals surface area contributed by atoms with Gasteiger partial charge in [-0.25, -0.2) is 4.99 Å². The molecule has 31 heavy (non-hydrogen) atoms. The SMILES string of the molecule is CCNC(=NCc1ccc(N2CCOCC2)cc1)NC1CCN(c2cccs2)CC1.I. The summed E-state index contributed by atoms with van der Waals surface area (Å²) >= 11 is 1.83. The maximum atomic E-state index is 5.44. The largest absolute Gasteiger partial charge is 0.378 e. The van der Waals surface area contributed by atoms with E-state index in [-0.39, 0.29) is 24.0 Å². The molecule has 0 amide bonds. The van der Waals surface area contributed by atoms with E-state index >= 15 is 0 Å². The first-order valence-electron chi connectivity index (χ1n) is 11.1. The summed E-state index contributed by atoms with van der Waals surface area (Å²) in [5, 5.41) is 10.6. The van der Waals surface area contributed by atoms with Gasteiger partial charge in [-0.3, -0.25) is 0 Å². The van der Waals surface area contributed by atoms with E-state index in [2.05, 4.69) is 69.1 Å². The molecule has 4 rings (SSSR count). The minimum atomic E-state index is 0. The van der Waals surface area contributed by atoms with Crippen LogP contribution in [0.4, 0.5) is 10.7 Å². The summed E-state index contributed by atoms with van der Waals surface area (Å²) in [6.07, 6.45) is 2.27. The molecule has 0 aliphatic carbocycles. The van der Waals surface area contributed by atoms with Crippen LogP contribution in [0.1, 0.15) is 25.3 Å². The zero-order valence-electron chi connectivity index (χ0n) is 18.3. The smallest absolute Gasteiger partial charge is 0.191 e. The molecule has 170 valence electrons. The van der Waals surface area contributed by atoms with Crippen molar-refractivity contribution in [3.8, 4) is 0 Å². The maximum Gasteiger partial charge on any atom is 0.191 e. The lowest BCUT2D eigenvalue weighted by atomic mass is 10.1. The van der Waals surface area contributed by atoms with Gasteiger partial charge in [0, 0.05) is 44.5 Å². The fourth-order valence-electron chi connectivity index (χ4n) is 4.01. The van der Waals surface area contributed by atoms with Crippen molar-refractivity contribution >= 4 is 52.0 Å². The number of thiophene rings is 1. The van der Waals surface area contributed by atoms with Crippen molar-refractivity contribution in [2.24, 2.45) is 4.99 Å². The molecule has 2 saturated heterocycles. The summed E-state index contributed by atoms with van der Waals surface area (Å²) < 4.78 is 5.44. The number of morpholine rings is 1. The number of benzene rings is 1. The molecule has 8 heteroatoms.